The van der Waals surface area contributed by atoms with E-state index in [1.807, 2.05) is 0 Å². The molecule has 2 rings (SSSR count). The van der Waals surface area contributed by atoms with Crippen molar-refractivity contribution < 1.29 is 9.90 Å². The molecule has 4 atom stereocenters. The minimum absolute atomic E-state index is 0.116. The van der Waals surface area contributed by atoms with Crippen LogP contribution in [0.15, 0.2) is 0 Å². The molecule has 3 N–H and O–H groups in total. The molecule has 0 radical (unpaired) electrons. The third-order valence-electron chi connectivity index (χ3n) is 3.76. The summed E-state index contributed by atoms with van der Waals surface area (Å²) in [4.78, 5) is 10.9. The Labute approximate surface area is 78.3 Å². The highest BCUT2D eigenvalue weighted by molar-refractivity contribution is 5.70. The maximum absolute atomic E-state index is 10.9. The Morgan fingerprint density at radius 2 is 1.77 bits per heavy atom. The maximum atomic E-state index is 10.9. The smallest absolute Gasteiger partial charge is 0.306 e. The van der Waals surface area contributed by atoms with E-state index in [0.29, 0.717) is 11.8 Å². The molecule has 0 aromatic rings. The second-order valence-electron chi connectivity index (χ2n) is 4.53. The number of hydrogen-bond donors (Lipinski definition) is 2. The lowest BCUT2D eigenvalue weighted by atomic mass is 9.65. The van der Waals surface area contributed by atoms with Crippen LogP contribution in [0, 0.1) is 17.8 Å². The number of hydrogen-bond acceptors (Lipinski definition) is 2. The first kappa shape index (κ1) is 9.00. The van der Waals surface area contributed by atoms with Gasteiger partial charge in [-0.2, -0.15) is 0 Å². The molecule has 13 heavy (non-hydrogen) atoms. The number of rotatable bonds is 1. The average molecular weight is 183 g/mol. The number of nitrogens with two attached hydrogens (primary N) is 1. The van der Waals surface area contributed by atoms with Gasteiger partial charge in [-0.25, -0.2) is 0 Å². The first-order valence-corrected chi connectivity index (χ1v) is 5.17. The average Bonchev–Trinajstić information content (AvgIpc) is 2.02. The standard InChI is InChI=1S/C10H17NO2/c11-9-6-2-1-3-7(9)5-8(4-6)10(12)13/h6-9H,1-5,11H2,(H,12,13)/t6-,7+,8?,9?. The lowest BCUT2D eigenvalue weighted by Gasteiger charge is -2.42. The lowest BCUT2D eigenvalue weighted by Crippen LogP contribution is -2.47. The predicted molar refractivity (Wildman–Crippen MR) is 49.2 cm³/mol. The maximum Gasteiger partial charge on any atom is 0.306 e. The van der Waals surface area contributed by atoms with E-state index in [0.717, 1.165) is 25.7 Å². The Kier molecular flexibility index (Phi) is 2.28. The molecule has 2 bridgehead atoms. The zero-order chi connectivity index (χ0) is 9.42. The van der Waals surface area contributed by atoms with Crippen LogP contribution in [-0.4, -0.2) is 17.1 Å². The molecule has 2 aliphatic rings. The van der Waals surface area contributed by atoms with Gasteiger partial charge in [0.1, 0.15) is 0 Å². The summed E-state index contributed by atoms with van der Waals surface area (Å²) in [6, 6.07) is 0.282. The summed E-state index contributed by atoms with van der Waals surface area (Å²) < 4.78 is 0. The molecule has 3 heteroatoms. The number of aliphatic carboxylic acids is 1. The van der Waals surface area contributed by atoms with Gasteiger partial charge in [0.2, 0.25) is 0 Å². The Hall–Kier alpha value is -0.570. The van der Waals surface area contributed by atoms with Gasteiger partial charge in [0.25, 0.3) is 0 Å². The van der Waals surface area contributed by atoms with Crippen molar-refractivity contribution in [2.45, 2.75) is 38.1 Å². The molecule has 0 heterocycles. The van der Waals surface area contributed by atoms with E-state index < -0.39 is 5.97 Å². The molecule has 2 unspecified atom stereocenters. The van der Waals surface area contributed by atoms with Crippen molar-refractivity contribution in [1.82, 2.24) is 0 Å². The van der Waals surface area contributed by atoms with Crippen LogP contribution in [0.1, 0.15) is 32.1 Å². The minimum atomic E-state index is -0.621. The van der Waals surface area contributed by atoms with Crippen LogP contribution in [0.2, 0.25) is 0 Å². The summed E-state index contributed by atoms with van der Waals surface area (Å²) in [7, 11) is 0. The normalized spacial score (nSPS) is 44.4. The van der Waals surface area contributed by atoms with Gasteiger partial charge in [-0.05, 0) is 37.5 Å². The second kappa shape index (κ2) is 3.29. The van der Waals surface area contributed by atoms with Crippen molar-refractivity contribution in [3.63, 3.8) is 0 Å². The fourth-order valence-electron chi connectivity index (χ4n) is 2.99. The SMILES string of the molecule is NC1[C@@H]2CCC[C@H]1CC(C(=O)O)C2. The summed E-state index contributed by atoms with van der Waals surface area (Å²) in [6.07, 6.45) is 5.15. The van der Waals surface area contributed by atoms with Crippen molar-refractivity contribution in [2.24, 2.45) is 23.5 Å². The first-order valence-electron chi connectivity index (χ1n) is 5.17. The summed E-state index contributed by atoms with van der Waals surface area (Å²) >= 11 is 0. The van der Waals surface area contributed by atoms with Crippen LogP contribution in [0.5, 0.6) is 0 Å². The molecule has 0 aliphatic heterocycles. The van der Waals surface area contributed by atoms with E-state index in [-0.39, 0.29) is 12.0 Å². The zero-order valence-corrected chi connectivity index (χ0v) is 7.78. The summed E-state index contributed by atoms with van der Waals surface area (Å²) in [5.41, 5.74) is 6.05. The molecule has 0 aromatic carbocycles. The van der Waals surface area contributed by atoms with E-state index in [1.165, 1.54) is 6.42 Å². The highest BCUT2D eigenvalue weighted by Crippen LogP contribution is 2.41. The Morgan fingerprint density at radius 1 is 1.23 bits per heavy atom. The van der Waals surface area contributed by atoms with Crippen LogP contribution >= 0.6 is 0 Å². The van der Waals surface area contributed by atoms with E-state index >= 15 is 0 Å². The van der Waals surface area contributed by atoms with Gasteiger partial charge in [0, 0.05) is 6.04 Å². The van der Waals surface area contributed by atoms with Gasteiger partial charge >= 0.3 is 5.97 Å². The first-order chi connectivity index (χ1) is 6.18. The van der Waals surface area contributed by atoms with E-state index in [1.54, 1.807) is 0 Å². The van der Waals surface area contributed by atoms with Crippen molar-refractivity contribution >= 4 is 5.97 Å². The van der Waals surface area contributed by atoms with Crippen molar-refractivity contribution in [1.29, 1.82) is 0 Å². The van der Waals surface area contributed by atoms with Gasteiger partial charge in [0.05, 0.1) is 5.92 Å². The van der Waals surface area contributed by atoms with Crippen LogP contribution in [0.3, 0.4) is 0 Å². The number of carboxylic acids is 1. The van der Waals surface area contributed by atoms with Crippen LogP contribution < -0.4 is 5.73 Å². The predicted octanol–water partition coefficient (Wildman–Crippen LogP) is 1.22. The molecule has 2 aliphatic carbocycles. The largest absolute Gasteiger partial charge is 0.481 e. The zero-order valence-electron chi connectivity index (χ0n) is 7.78. The topological polar surface area (TPSA) is 63.3 Å². The number of carbonyl (C=O) groups is 1. The molecule has 0 aromatic heterocycles. The van der Waals surface area contributed by atoms with E-state index in [9.17, 15) is 4.79 Å². The van der Waals surface area contributed by atoms with Crippen LogP contribution in [-0.2, 0) is 4.79 Å². The van der Waals surface area contributed by atoms with Crippen molar-refractivity contribution in [3.05, 3.63) is 0 Å². The van der Waals surface area contributed by atoms with Crippen LogP contribution in [0.25, 0.3) is 0 Å². The summed E-state index contributed by atoms with van der Waals surface area (Å²) in [6.45, 7) is 0. The second-order valence-corrected chi connectivity index (χ2v) is 4.53. The Morgan fingerprint density at radius 3 is 2.23 bits per heavy atom. The number of fused-ring (bicyclic) bond motifs is 2. The van der Waals surface area contributed by atoms with E-state index in [2.05, 4.69) is 0 Å². The molecular formula is C10H17NO2. The molecule has 74 valence electrons. The van der Waals surface area contributed by atoms with Crippen molar-refractivity contribution in [3.8, 4) is 0 Å². The minimum Gasteiger partial charge on any atom is -0.481 e. The Bertz CT molecular complexity index is 203. The highest BCUT2D eigenvalue weighted by atomic mass is 16.4. The third kappa shape index (κ3) is 1.57. The quantitative estimate of drug-likeness (QED) is 0.642. The van der Waals surface area contributed by atoms with Gasteiger partial charge in [-0.3, -0.25) is 4.79 Å². The molecule has 2 saturated carbocycles. The van der Waals surface area contributed by atoms with E-state index in [4.69, 9.17) is 10.8 Å². The third-order valence-corrected chi connectivity index (χ3v) is 3.76. The van der Waals surface area contributed by atoms with Crippen LogP contribution in [0.4, 0.5) is 0 Å². The molecule has 0 amide bonds. The number of carboxylic acid groups (broad SMARTS) is 1. The fraction of sp³-hybridized carbons (Fsp3) is 0.900. The molecule has 3 nitrogen and oxygen atoms in total. The van der Waals surface area contributed by atoms with Gasteiger partial charge in [-0.1, -0.05) is 6.42 Å². The Balaban J connectivity index is 2.07. The fourth-order valence-corrected chi connectivity index (χ4v) is 2.99. The highest BCUT2D eigenvalue weighted by Gasteiger charge is 2.40. The molecular weight excluding hydrogens is 166 g/mol. The van der Waals surface area contributed by atoms with Gasteiger partial charge < -0.3 is 10.8 Å². The van der Waals surface area contributed by atoms with Crippen molar-refractivity contribution in [2.75, 3.05) is 0 Å². The van der Waals surface area contributed by atoms with Gasteiger partial charge in [-0.15, -0.1) is 0 Å². The van der Waals surface area contributed by atoms with Gasteiger partial charge in [0.15, 0.2) is 0 Å². The monoisotopic (exact) mass is 183 g/mol. The molecule has 0 saturated heterocycles. The lowest BCUT2D eigenvalue weighted by molar-refractivity contribution is -0.144. The molecule has 2 fully saturated rings. The summed E-state index contributed by atoms with van der Waals surface area (Å²) in [5, 5.41) is 8.94. The summed E-state index contributed by atoms with van der Waals surface area (Å²) in [5.74, 6) is 0.223. The molecule has 0 spiro atoms.